The van der Waals surface area contributed by atoms with Crippen LogP contribution in [-0.2, 0) is 0 Å². The molecule has 124 valence electrons. The average molecular weight is 384 g/mol. The van der Waals surface area contributed by atoms with E-state index < -0.39 is 0 Å². The van der Waals surface area contributed by atoms with Crippen molar-refractivity contribution in [3.63, 3.8) is 0 Å². The van der Waals surface area contributed by atoms with Crippen LogP contribution in [0, 0.1) is 0 Å². The highest BCUT2D eigenvalue weighted by Crippen LogP contribution is 2.40. The first kappa shape index (κ1) is 17.1. The molecule has 2 rings (SSSR count). The molecular formula is C15H18BrN3O4. The van der Waals surface area contributed by atoms with Crippen LogP contribution < -0.4 is 24.3 Å². The van der Waals surface area contributed by atoms with Gasteiger partial charge in [-0.3, -0.25) is 0 Å². The molecule has 23 heavy (non-hydrogen) atoms. The molecule has 8 heteroatoms. The molecule has 1 aromatic carbocycles. The van der Waals surface area contributed by atoms with Gasteiger partial charge in [0.05, 0.1) is 38.6 Å². The maximum absolute atomic E-state index is 5.43. The Bertz CT molecular complexity index is 657. The Morgan fingerprint density at radius 1 is 1.09 bits per heavy atom. The van der Waals surface area contributed by atoms with Gasteiger partial charge in [-0.15, -0.1) is 0 Å². The fraction of sp³-hybridized carbons (Fsp3) is 0.333. The van der Waals surface area contributed by atoms with E-state index in [1.165, 1.54) is 0 Å². The van der Waals surface area contributed by atoms with Gasteiger partial charge in [0, 0.05) is 17.8 Å². The molecule has 0 aliphatic rings. The van der Waals surface area contributed by atoms with E-state index in [0.29, 0.717) is 45.8 Å². The normalized spacial score (nSPS) is 10.1. The number of halogens is 1. The van der Waals surface area contributed by atoms with Gasteiger partial charge in [0.1, 0.15) is 0 Å². The summed E-state index contributed by atoms with van der Waals surface area (Å²) in [5.74, 6) is 2.46. The van der Waals surface area contributed by atoms with Crippen LogP contribution in [-0.4, -0.2) is 37.9 Å². The van der Waals surface area contributed by atoms with Crippen LogP contribution in [0.5, 0.6) is 23.1 Å². The number of ether oxygens (including phenoxy) is 4. The minimum absolute atomic E-state index is 0.394. The third-order valence-corrected chi connectivity index (χ3v) is 3.46. The zero-order chi connectivity index (χ0) is 16.8. The zero-order valence-electron chi connectivity index (χ0n) is 13.3. The molecule has 0 aliphatic heterocycles. The third kappa shape index (κ3) is 3.95. The van der Waals surface area contributed by atoms with Crippen LogP contribution in [0.4, 0.5) is 11.6 Å². The quantitative estimate of drug-likeness (QED) is 0.784. The van der Waals surface area contributed by atoms with E-state index in [1.807, 2.05) is 6.92 Å². The van der Waals surface area contributed by atoms with Gasteiger partial charge in [0.15, 0.2) is 11.5 Å². The summed E-state index contributed by atoms with van der Waals surface area (Å²) in [4.78, 5) is 8.51. The molecule has 0 atom stereocenters. The van der Waals surface area contributed by atoms with Crippen LogP contribution in [0.15, 0.2) is 22.8 Å². The lowest BCUT2D eigenvalue weighted by atomic mass is 10.2. The first-order chi connectivity index (χ1) is 11.1. The number of rotatable bonds is 7. The Balaban J connectivity index is 2.34. The minimum atomic E-state index is 0.394. The van der Waals surface area contributed by atoms with Gasteiger partial charge in [-0.2, -0.15) is 4.98 Å². The summed E-state index contributed by atoms with van der Waals surface area (Å²) in [6.45, 7) is 2.40. The van der Waals surface area contributed by atoms with Crippen molar-refractivity contribution in [3.05, 3.63) is 22.8 Å². The molecule has 0 fully saturated rings. The van der Waals surface area contributed by atoms with E-state index in [-0.39, 0.29) is 0 Å². The maximum Gasteiger partial charge on any atom is 0.232 e. The van der Waals surface area contributed by atoms with Gasteiger partial charge in [0.2, 0.25) is 17.6 Å². The fourth-order valence-corrected chi connectivity index (χ4v) is 2.24. The summed E-state index contributed by atoms with van der Waals surface area (Å²) >= 11 is 3.35. The SMILES string of the molecule is CCOc1nc(Nc2cc(OC)c(OC)c(OC)c2)ncc1Br. The lowest BCUT2D eigenvalue weighted by Gasteiger charge is -2.15. The monoisotopic (exact) mass is 383 g/mol. The molecule has 0 radical (unpaired) electrons. The van der Waals surface area contributed by atoms with Crippen molar-refractivity contribution in [2.45, 2.75) is 6.92 Å². The molecule has 0 amide bonds. The van der Waals surface area contributed by atoms with E-state index >= 15 is 0 Å². The molecule has 0 saturated heterocycles. The summed E-state index contributed by atoms with van der Waals surface area (Å²) in [5, 5.41) is 3.09. The number of hydrogen-bond acceptors (Lipinski definition) is 7. The van der Waals surface area contributed by atoms with Crippen molar-refractivity contribution in [3.8, 4) is 23.1 Å². The summed E-state index contributed by atoms with van der Waals surface area (Å²) in [5.41, 5.74) is 0.698. The van der Waals surface area contributed by atoms with Crippen LogP contribution >= 0.6 is 15.9 Å². The van der Waals surface area contributed by atoms with E-state index in [1.54, 1.807) is 39.7 Å². The second kappa shape index (κ2) is 7.87. The molecule has 2 aromatic rings. The number of anilines is 2. The van der Waals surface area contributed by atoms with Crippen LogP contribution in [0.25, 0.3) is 0 Å². The van der Waals surface area contributed by atoms with Gasteiger partial charge >= 0.3 is 0 Å². The number of benzene rings is 1. The Morgan fingerprint density at radius 3 is 2.26 bits per heavy atom. The molecule has 1 N–H and O–H groups in total. The lowest BCUT2D eigenvalue weighted by Crippen LogP contribution is -2.02. The Hall–Kier alpha value is -2.22. The molecule has 0 bridgehead atoms. The van der Waals surface area contributed by atoms with E-state index in [9.17, 15) is 0 Å². The molecule has 0 aliphatic carbocycles. The molecule has 1 aromatic heterocycles. The Morgan fingerprint density at radius 2 is 1.74 bits per heavy atom. The van der Waals surface area contributed by atoms with Crippen LogP contribution in [0.2, 0.25) is 0 Å². The predicted molar refractivity (Wildman–Crippen MR) is 90.3 cm³/mol. The van der Waals surface area contributed by atoms with Crippen molar-refractivity contribution in [1.82, 2.24) is 9.97 Å². The first-order valence-electron chi connectivity index (χ1n) is 6.85. The highest BCUT2D eigenvalue weighted by molar-refractivity contribution is 9.10. The highest BCUT2D eigenvalue weighted by Gasteiger charge is 2.14. The molecule has 7 nitrogen and oxygen atoms in total. The van der Waals surface area contributed by atoms with Gasteiger partial charge in [-0.25, -0.2) is 4.98 Å². The summed E-state index contributed by atoms with van der Waals surface area (Å²) in [6, 6.07) is 3.54. The second-order valence-electron chi connectivity index (χ2n) is 4.32. The van der Waals surface area contributed by atoms with Crippen molar-refractivity contribution in [2.24, 2.45) is 0 Å². The smallest absolute Gasteiger partial charge is 0.232 e. The van der Waals surface area contributed by atoms with Gasteiger partial charge < -0.3 is 24.3 Å². The average Bonchev–Trinajstić information content (AvgIpc) is 2.57. The van der Waals surface area contributed by atoms with E-state index in [2.05, 4.69) is 31.2 Å². The Kier molecular flexibility index (Phi) is 5.86. The summed E-state index contributed by atoms with van der Waals surface area (Å²) in [7, 11) is 4.68. The third-order valence-electron chi connectivity index (χ3n) is 2.91. The predicted octanol–water partition coefficient (Wildman–Crippen LogP) is 3.41. The number of nitrogens with one attached hydrogen (secondary N) is 1. The number of methoxy groups -OCH3 is 3. The van der Waals surface area contributed by atoms with Crippen molar-refractivity contribution >= 4 is 27.6 Å². The molecular weight excluding hydrogens is 366 g/mol. The largest absolute Gasteiger partial charge is 0.493 e. The molecule has 1 heterocycles. The molecule has 0 unspecified atom stereocenters. The van der Waals surface area contributed by atoms with E-state index in [0.717, 1.165) is 0 Å². The van der Waals surface area contributed by atoms with Crippen LogP contribution in [0.3, 0.4) is 0 Å². The summed E-state index contributed by atoms with van der Waals surface area (Å²) in [6.07, 6.45) is 1.62. The van der Waals surface area contributed by atoms with Crippen molar-refractivity contribution in [1.29, 1.82) is 0 Å². The second-order valence-corrected chi connectivity index (χ2v) is 5.17. The van der Waals surface area contributed by atoms with Crippen molar-refractivity contribution in [2.75, 3.05) is 33.3 Å². The van der Waals surface area contributed by atoms with Gasteiger partial charge in [-0.1, -0.05) is 0 Å². The topological polar surface area (TPSA) is 74.7 Å². The van der Waals surface area contributed by atoms with Gasteiger partial charge in [-0.05, 0) is 22.9 Å². The number of aromatic nitrogens is 2. The van der Waals surface area contributed by atoms with E-state index in [4.69, 9.17) is 18.9 Å². The lowest BCUT2D eigenvalue weighted by molar-refractivity contribution is 0.324. The van der Waals surface area contributed by atoms with Crippen LogP contribution in [0.1, 0.15) is 6.92 Å². The number of nitrogens with zero attached hydrogens (tertiary/aromatic N) is 2. The Labute approximate surface area is 143 Å². The zero-order valence-corrected chi connectivity index (χ0v) is 14.9. The minimum Gasteiger partial charge on any atom is -0.493 e. The first-order valence-corrected chi connectivity index (χ1v) is 7.64. The fourth-order valence-electron chi connectivity index (χ4n) is 1.93. The highest BCUT2D eigenvalue weighted by atomic mass is 79.9. The standard InChI is InChI=1S/C15H18BrN3O4/c1-5-23-14-10(16)8-17-15(19-14)18-9-6-11(20-2)13(22-4)12(7-9)21-3/h6-8H,5H2,1-4H3,(H,17,18,19). The summed E-state index contributed by atoms with van der Waals surface area (Å²) < 4.78 is 22.1. The van der Waals surface area contributed by atoms with Gasteiger partial charge in [0.25, 0.3) is 0 Å². The molecule has 0 saturated carbocycles. The van der Waals surface area contributed by atoms with Crippen molar-refractivity contribution < 1.29 is 18.9 Å². The maximum atomic E-state index is 5.43. The molecule has 0 spiro atoms. The number of hydrogen-bond donors (Lipinski definition) is 1.